The average Bonchev–Trinajstić information content (AvgIpc) is 2.81. The number of rotatable bonds is 2. The van der Waals surface area contributed by atoms with Gasteiger partial charge in [-0.2, -0.15) is 0 Å². The van der Waals surface area contributed by atoms with Crippen LogP contribution in [0.2, 0.25) is 0 Å². The van der Waals surface area contributed by atoms with Gasteiger partial charge in [-0.25, -0.2) is 0 Å². The van der Waals surface area contributed by atoms with Crippen molar-refractivity contribution in [3.63, 3.8) is 0 Å². The third-order valence-corrected chi connectivity index (χ3v) is 4.44. The Morgan fingerprint density at radius 3 is 2.95 bits per heavy atom. The van der Waals surface area contributed by atoms with Crippen molar-refractivity contribution in [2.45, 2.75) is 31.7 Å². The fraction of sp³-hybridized carbons (Fsp3) is 0.533. The second kappa shape index (κ2) is 7.44. The molecule has 4 nitrogen and oxygen atoms in total. The number of amides is 1. The van der Waals surface area contributed by atoms with Crippen molar-refractivity contribution >= 4 is 17.2 Å². The first-order chi connectivity index (χ1) is 9.76. The summed E-state index contributed by atoms with van der Waals surface area (Å²) >= 11 is 1.34. The third kappa shape index (κ3) is 3.60. The van der Waals surface area contributed by atoms with Crippen molar-refractivity contribution in [1.29, 1.82) is 0 Å². The first-order valence-corrected chi connectivity index (χ1v) is 7.69. The number of thiophene rings is 1. The van der Waals surface area contributed by atoms with E-state index in [-0.39, 0.29) is 25.2 Å². The van der Waals surface area contributed by atoms with E-state index >= 15 is 0 Å². The van der Waals surface area contributed by atoms with Gasteiger partial charge in [-0.3, -0.25) is 4.79 Å². The molecule has 2 heterocycles. The van der Waals surface area contributed by atoms with Gasteiger partial charge >= 0.3 is 0 Å². The van der Waals surface area contributed by atoms with Crippen LogP contribution in [0.25, 0.3) is 0 Å². The van der Waals surface area contributed by atoms with Gasteiger partial charge in [-0.05, 0) is 25.0 Å². The molecular weight excluding hydrogens is 274 g/mol. The molecule has 2 N–H and O–H groups in total. The normalized spacial score (nSPS) is 19.1. The van der Waals surface area contributed by atoms with Gasteiger partial charge in [0.1, 0.15) is 6.61 Å². The van der Waals surface area contributed by atoms with Crippen LogP contribution in [0.3, 0.4) is 0 Å². The molecule has 0 aromatic carbocycles. The van der Waals surface area contributed by atoms with E-state index in [0.717, 1.165) is 30.6 Å². The van der Waals surface area contributed by atoms with E-state index in [9.17, 15) is 9.90 Å². The number of carbonyl (C=O) groups excluding carboxylic acids is 1. The van der Waals surface area contributed by atoms with E-state index in [2.05, 4.69) is 11.8 Å². The lowest BCUT2D eigenvalue weighted by Crippen LogP contribution is -2.41. The fourth-order valence-electron chi connectivity index (χ4n) is 2.42. The molecule has 5 heteroatoms. The van der Waals surface area contributed by atoms with Crippen molar-refractivity contribution in [1.82, 2.24) is 4.90 Å². The van der Waals surface area contributed by atoms with Crippen molar-refractivity contribution in [3.05, 3.63) is 21.9 Å². The lowest BCUT2D eigenvalue weighted by atomic mass is 10.1. The molecule has 2 rings (SSSR count). The molecule has 1 amide bonds. The smallest absolute Gasteiger partial charge is 0.264 e. The Labute approximate surface area is 123 Å². The molecule has 0 radical (unpaired) electrons. The van der Waals surface area contributed by atoms with Crippen LogP contribution in [0.1, 0.15) is 40.2 Å². The Balaban J connectivity index is 2.14. The summed E-state index contributed by atoms with van der Waals surface area (Å²) in [4.78, 5) is 15.8. The van der Waals surface area contributed by atoms with Crippen molar-refractivity contribution in [2.24, 2.45) is 0 Å². The van der Waals surface area contributed by atoms with Gasteiger partial charge in [-0.15, -0.1) is 11.3 Å². The predicted octanol–water partition coefficient (Wildman–Crippen LogP) is 1.47. The molecule has 0 saturated carbocycles. The lowest BCUT2D eigenvalue weighted by Gasteiger charge is -2.28. The molecule has 1 aromatic heterocycles. The van der Waals surface area contributed by atoms with Crippen LogP contribution in [0.5, 0.6) is 0 Å². The van der Waals surface area contributed by atoms with E-state index in [0.29, 0.717) is 11.4 Å². The maximum atomic E-state index is 12.5. The zero-order valence-corrected chi connectivity index (χ0v) is 12.2. The Morgan fingerprint density at radius 1 is 1.35 bits per heavy atom. The summed E-state index contributed by atoms with van der Waals surface area (Å²) in [6.07, 6.45) is 4.03. The van der Waals surface area contributed by atoms with Crippen LogP contribution in [0.4, 0.5) is 0 Å². The quantitative estimate of drug-likeness (QED) is 0.812. The van der Waals surface area contributed by atoms with Gasteiger partial charge < -0.3 is 15.1 Å². The number of aliphatic hydroxyl groups excluding tert-OH is 2. The number of hydrogen-bond acceptors (Lipinski definition) is 4. The van der Waals surface area contributed by atoms with Crippen molar-refractivity contribution in [2.75, 3.05) is 19.8 Å². The van der Waals surface area contributed by atoms with Gasteiger partial charge in [0.25, 0.3) is 5.91 Å². The first kappa shape index (κ1) is 15.0. The first-order valence-electron chi connectivity index (χ1n) is 6.87. The predicted molar refractivity (Wildman–Crippen MR) is 78.7 cm³/mol. The molecule has 1 aliphatic heterocycles. The molecule has 0 bridgehead atoms. The molecule has 1 saturated heterocycles. The highest BCUT2D eigenvalue weighted by atomic mass is 32.1. The summed E-state index contributed by atoms with van der Waals surface area (Å²) in [6.45, 7) is 0.549. The molecule has 1 aromatic rings. The van der Waals surface area contributed by atoms with Crippen LogP contribution < -0.4 is 0 Å². The Hall–Kier alpha value is -1.35. The zero-order chi connectivity index (χ0) is 14.4. The summed E-state index contributed by atoms with van der Waals surface area (Å²) in [5.41, 5.74) is 0. The fourth-order valence-corrected chi connectivity index (χ4v) is 3.26. The topological polar surface area (TPSA) is 60.8 Å². The van der Waals surface area contributed by atoms with Gasteiger partial charge in [0, 0.05) is 6.54 Å². The second-order valence-electron chi connectivity index (χ2n) is 4.81. The largest absolute Gasteiger partial charge is 0.394 e. The highest BCUT2D eigenvalue weighted by Crippen LogP contribution is 2.23. The van der Waals surface area contributed by atoms with Crippen molar-refractivity contribution in [3.8, 4) is 11.8 Å². The number of nitrogens with zero attached hydrogens (tertiary/aromatic N) is 1. The van der Waals surface area contributed by atoms with Crippen LogP contribution in [0, 0.1) is 11.8 Å². The van der Waals surface area contributed by atoms with E-state index in [1.165, 1.54) is 11.3 Å². The minimum Gasteiger partial charge on any atom is -0.394 e. The summed E-state index contributed by atoms with van der Waals surface area (Å²) in [7, 11) is 0. The monoisotopic (exact) mass is 293 g/mol. The number of likely N-dealkylation sites (tertiary alicyclic amines) is 1. The second-order valence-corrected chi connectivity index (χ2v) is 5.89. The maximum absolute atomic E-state index is 12.5. The van der Waals surface area contributed by atoms with Crippen LogP contribution in [-0.2, 0) is 0 Å². The van der Waals surface area contributed by atoms with Crippen LogP contribution >= 0.6 is 11.3 Å². The SMILES string of the molecule is O=C(c1ccc(C#CCO)s1)N1CCCCCC1CO. The van der Waals surface area contributed by atoms with Crippen LogP contribution in [-0.4, -0.2) is 46.8 Å². The molecule has 1 unspecified atom stereocenters. The third-order valence-electron chi connectivity index (χ3n) is 3.46. The lowest BCUT2D eigenvalue weighted by molar-refractivity contribution is 0.0604. The van der Waals surface area contributed by atoms with E-state index in [4.69, 9.17) is 5.11 Å². The molecule has 108 valence electrons. The molecule has 1 aliphatic rings. The Morgan fingerprint density at radius 2 is 2.20 bits per heavy atom. The van der Waals surface area contributed by atoms with Crippen LogP contribution in [0.15, 0.2) is 12.1 Å². The number of hydrogen-bond donors (Lipinski definition) is 2. The summed E-state index contributed by atoms with van der Waals surface area (Å²) < 4.78 is 0. The zero-order valence-electron chi connectivity index (χ0n) is 11.3. The van der Waals surface area contributed by atoms with Gasteiger partial charge in [-0.1, -0.05) is 24.7 Å². The average molecular weight is 293 g/mol. The molecule has 0 aliphatic carbocycles. The van der Waals surface area contributed by atoms with E-state index < -0.39 is 0 Å². The Kier molecular flexibility index (Phi) is 5.60. The number of aliphatic hydroxyl groups is 2. The minimum atomic E-state index is -0.181. The number of carbonyl (C=O) groups is 1. The van der Waals surface area contributed by atoms with E-state index in [1.807, 2.05) is 0 Å². The standard InChI is InChI=1S/C15H19NO3S/c17-10-4-6-13-7-8-14(20-13)15(19)16-9-3-1-2-5-12(16)11-18/h7-8,12,17-18H,1-3,5,9-11H2. The van der Waals surface area contributed by atoms with E-state index in [1.54, 1.807) is 17.0 Å². The molecular formula is C15H19NO3S. The highest BCUT2D eigenvalue weighted by molar-refractivity contribution is 7.14. The molecule has 20 heavy (non-hydrogen) atoms. The Bertz CT molecular complexity index is 515. The molecule has 0 spiro atoms. The summed E-state index contributed by atoms with van der Waals surface area (Å²) in [5, 5.41) is 18.1. The van der Waals surface area contributed by atoms with Crippen molar-refractivity contribution < 1.29 is 15.0 Å². The summed E-state index contributed by atoms with van der Waals surface area (Å²) in [6, 6.07) is 3.50. The maximum Gasteiger partial charge on any atom is 0.264 e. The summed E-state index contributed by atoms with van der Waals surface area (Å²) in [5.74, 6) is 5.37. The minimum absolute atomic E-state index is 0.0204. The van der Waals surface area contributed by atoms with Gasteiger partial charge in [0.05, 0.1) is 22.4 Å². The van der Waals surface area contributed by atoms with Gasteiger partial charge in [0.2, 0.25) is 0 Å². The molecule has 1 fully saturated rings. The van der Waals surface area contributed by atoms with Gasteiger partial charge in [0.15, 0.2) is 0 Å². The molecule has 1 atom stereocenters. The highest BCUT2D eigenvalue weighted by Gasteiger charge is 2.26.